The first-order valence-electron chi connectivity index (χ1n) is 6.29. The summed E-state index contributed by atoms with van der Waals surface area (Å²) in [5.41, 5.74) is -0.135. The van der Waals surface area contributed by atoms with Crippen molar-refractivity contribution in [1.82, 2.24) is 9.88 Å². The van der Waals surface area contributed by atoms with Crippen LogP contribution in [0.15, 0.2) is 23.1 Å². The third kappa shape index (κ3) is 3.21. The lowest BCUT2D eigenvalue weighted by Crippen LogP contribution is -2.42. The summed E-state index contributed by atoms with van der Waals surface area (Å²) in [6.45, 7) is -0.323. The van der Waals surface area contributed by atoms with Gasteiger partial charge in [0.25, 0.3) is 5.91 Å². The Morgan fingerprint density at radius 2 is 2.05 bits per heavy atom. The molecule has 0 radical (unpaired) electrons. The number of pyridine rings is 1. The van der Waals surface area contributed by atoms with Crippen molar-refractivity contribution in [3.8, 4) is 0 Å². The molecule has 0 atom stereocenters. The van der Waals surface area contributed by atoms with E-state index in [0.717, 1.165) is 25.7 Å². The summed E-state index contributed by atoms with van der Waals surface area (Å²) in [6.07, 6.45) is 5.04. The van der Waals surface area contributed by atoms with Crippen LogP contribution in [0.2, 0.25) is 0 Å². The molecule has 0 spiro atoms. The molecule has 0 bridgehead atoms. The highest BCUT2D eigenvalue weighted by molar-refractivity contribution is 5.95. The molecule has 2 N–H and O–H groups in total. The lowest BCUT2D eigenvalue weighted by molar-refractivity contribution is -0.138. The van der Waals surface area contributed by atoms with Gasteiger partial charge in [0, 0.05) is 23.9 Å². The lowest BCUT2D eigenvalue weighted by Gasteiger charge is -2.27. The maximum absolute atomic E-state index is 12.3. The average Bonchev–Trinajstić information content (AvgIpc) is 2.88. The van der Waals surface area contributed by atoms with Crippen molar-refractivity contribution in [2.45, 2.75) is 31.7 Å². The molecule has 0 aliphatic heterocycles. The van der Waals surface area contributed by atoms with E-state index in [1.54, 1.807) is 0 Å². The van der Waals surface area contributed by atoms with Gasteiger partial charge >= 0.3 is 5.97 Å². The third-order valence-corrected chi connectivity index (χ3v) is 3.35. The average molecular weight is 264 g/mol. The highest BCUT2D eigenvalue weighted by Crippen LogP contribution is 2.24. The molecule has 0 aromatic carbocycles. The van der Waals surface area contributed by atoms with Gasteiger partial charge in [-0.2, -0.15) is 0 Å². The number of carboxylic acid groups (broad SMARTS) is 1. The zero-order valence-electron chi connectivity index (χ0n) is 10.5. The normalized spacial score (nSPS) is 15.4. The first kappa shape index (κ1) is 13.3. The molecule has 6 nitrogen and oxygen atoms in total. The zero-order valence-corrected chi connectivity index (χ0v) is 10.5. The third-order valence-electron chi connectivity index (χ3n) is 3.35. The first-order chi connectivity index (χ1) is 9.08. The highest BCUT2D eigenvalue weighted by Gasteiger charge is 2.29. The second-order valence-corrected chi connectivity index (χ2v) is 4.71. The minimum absolute atomic E-state index is 0.0390. The maximum atomic E-state index is 12.3. The van der Waals surface area contributed by atoms with Crippen LogP contribution in [-0.2, 0) is 4.79 Å². The topological polar surface area (TPSA) is 90.5 Å². The molecule has 0 unspecified atom stereocenters. The number of rotatable bonds is 4. The summed E-state index contributed by atoms with van der Waals surface area (Å²) in [4.78, 5) is 38.3. The molecule has 1 aliphatic carbocycles. The number of carbonyl (C=O) groups is 2. The van der Waals surface area contributed by atoms with E-state index < -0.39 is 5.97 Å². The van der Waals surface area contributed by atoms with Crippen molar-refractivity contribution in [2.75, 3.05) is 6.54 Å². The molecular formula is C13H16N2O4. The molecular weight excluding hydrogens is 248 g/mol. The Hall–Kier alpha value is -2.11. The molecule has 102 valence electrons. The second kappa shape index (κ2) is 5.69. The van der Waals surface area contributed by atoms with Gasteiger partial charge in [0.15, 0.2) is 0 Å². The molecule has 1 saturated carbocycles. The first-order valence-corrected chi connectivity index (χ1v) is 6.29. The molecule has 6 heteroatoms. The number of H-pyrrole nitrogens is 1. The van der Waals surface area contributed by atoms with Gasteiger partial charge in [-0.3, -0.25) is 14.4 Å². The van der Waals surface area contributed by atoms with E-state index in [4.69, 9.17) is 5.11 Å². The van der Waals surface area contributed by atoms with E-state index in [1.165, 1.54) is 23.2 Å². The Morgan fingerprint density at radius 1 is 1.37 bits per heavy atom. The second-order valence-electron chi connectivity index (χ2n) is 4.71. The number of hydrogen-bond donors (Lipinski definition) is 2. The number of aliphatic carboxylic acids is 1. The van der Waals surface area contributed by atoms with E-state index >= 15 is 0 Å². The van der Waals surface area contributed by atoms with Crippen LogP contribution in [0.1, 0.15) is 36.0 Å². The van der Waals surface area contributed by atoms with Crippen molar-refractivity contribution < 1.29 is 14.7 Å². The van der Waals surface area contributed by atoms with Crippen LogP contribution < -0.4 is 5.56 Å². The molecule has 1 fully saturated rings. The Bertz CT molecular complexity index is 531. The fraction of sp³-hybridized carbons (Fsp3) is 0.462. The van der Waals surface area contributed by atoms with Gasteiger partial charge in [-0.05, 0) is 18.9 Å². The molecule has 0 saturated heterocycles. The molecule has 1 aromatic heterocycles. The van der Waals surface area contributed by atoms with Crippen molar-refractivity contribution in [3.05, 3.63) is 34.2 Å². The summed E-state index contributed by atoms with van der Waals surface area (Å²) in [5.74, 6) is -1.43. The van der Waals surface area contributed by atoms with Gasteiger partial charge < -0.3 is 15.0 Å². The van der Waals surface area contributed by atoms with Gasteiger partial charge in [-0.25, -0.2) is 0 Å². The van der Waals surface area contributed by atoms with Crippen LogP contribution in [0.25, 0.3) is 0 Å². The van der Waals surface area contributed by atoms with Gasteiger partial charge in [0.05, 0.1) is 0 Å². The van der Waals surface area contributed by atoms with Crippen molar-refractivity contribution >= 4 is 11.9 Å². The highest BCUT2D eigenvalue weighted by atomic mass is 16.4. The summed E-state index contributed by atoms with van der Waals surface area (Å²) in [7, 11) is 0. The van der Waals surface area contributed by atoms with Crippen molar-refractivity contribution in [1.29, 1.82) is 0 Å². The zero-order chi connectivity index (χ0) is 13.8. The predicted octanol–water partition coefficient (Wildman–Crippen LogP) is 0.844. The maximum Gasteiger partial charge on any atom is 0.323 e. The number of aromatic nitrogens is 1. The quantitative estimate of drug-likeness (QED) is 0.843. The van der Waals surface area contributed by atoms with Crippen LogP contribution >= 0.6 is 0 Å². The number of amides is 1. The number of carboxylic acids is 1. The number of nitrogens with zero attached hydrogens (tertiary/aromatic N) is 1. The SMILES string of the molecule is O=C(O)CN(C(=O)c1cc[nH]c(=O)c1)C1CCCC1. The smallest absolute Gasteiger partial charge is 0.323 e. The van der Waals surface area contributed by atoms with E-state index in [1.807, 2.05) is 0 Å². The Kier molecular flexibility index (Phi) is 3.99. The molecule has 1 aliphatic rings. The van der Waals surface area contributed by atoms with E-state index in [0.29, 0.717) is 0 Å². The van der Waals surface area contributed by atoms with Crippen LogP contribution in [0.5, 0.6) is 0 Å². The number of nitrogens with one attached hydrogen (secondary N) is 1. The Labute approximate surface area is 110 Å². The van der Waals surface area contributed by atoms with Gasteiger partial charge in [-0.15, -0.1) is 0 Å². The number of carbonyl (C=O) groups excluding carboxylic acids is 1. The molecule has 1 aromatic rings. The minimum atomic E-state index is -1.04. The van der Waals surface area contributed by atoms with Crippen molar-refractivity contribution in [3.63, 3.8) is 0 Å². The van der Waals surface area contributed by atoms with Crippen LogP contribution in [0.4, 0.5) is 0 Å². The van der Waals surface area contributed by atoms with Gasteiger partial charge in [0.1, 0.15) is 6.54 Å². The largest absolute Gasteiger partial charge is 0.480 e. The molecule has 1 heterocycles. The molecule has 1 amide bonds. The fourth-order valence-corrected chi connectivity index (χ4v) is 2.47. The Balaban J connectivity index is 2.24. The predicted molar refractivity (Wildman–Crippen MR) is 68.0 cm³/mol. The monoisotopic (exact) mass is 264 g/mol. The van der Waals surface area contributed by atoms with Gasteiger partial charge in [-0.1, -0.05) is 12.8 Å². The summed E-state index contributed by atoms with van der Waals surface area (Å²) >= 11 is 0. The minimum Gasteiger partial charge on any atom is -0.480 e. The number of hydrogen-bond acceptors (Lipinski definition) is 3. The number of aromatic amines is 1. The van der Waals surface area contributed by atoms with E-state index in [2.05, 4.69) is 4.98 Å². The Morgan fingerprint density at radius 3 is 2.63 bits per heavy atom. The standard InChI is InChI=1S/C13H16N2O4/c16-11-7-9(5-6-14-11)13(19)15(8-12(17)18)10-3-1-2-4-10/h5-7,10H,1-4,8H2,(H,14,16)(H,17,18). The molecule has 2 rings (SSSR count). The van der Waals surface area contributed by atoms with Crippen LogP contribution in [0, 0.1) is 0 Å². The van der Waals surface area contributed by atoms with E-state index in [9.17, 15) is 14.4 Å². The lowest BCUT2D eigenvalue weighted by atomic mass is 10.1. The summed E-state index contributed by atoms with van der Waals surface area (Å²) < 4.78 is 0. The summed E-state index contributed by atoms with van der Waals surface area (Å²) in [6, 6.07) is 2.66. The van der Waals surface area contributed by atoms with E-state index in [-0.39, 0.29) is 29.6 Å². The van der Waals surface area contributed by atoms with Crippen LogP contribution in [-0.4, -0.2) is 39.5 Å². The molecule has 19 heavy (non-hydrogen) atoms. The van der Waals surface area contributed by atoms with Gasteiger partial charge in [0.2, 0.25) is 5.56 Å². The fourth-order valence-electron chi connectivity index (χ4n) is 2.47. The van der Waals surface area contributed by atoms with Crippen molar-refractivity contribution in [2.24, 2.45) is 0 Å². The summed E-state index contributed by atoms with van der Waals surface area (Å²) in [5, 5.41) is 8.93. The van der Waals surface area contributed by atoms with Crippen LogP contribution in [0.3, 0.4) is 0 Å².